The van der Waals surface area contributed by atoms with Gasteiger partial charge in [-0.25, -0.2) is 0 Å². The summed E-state index contributed by atoms with van der Waals surface area (Å²) in [6, 6.07) is 15.6. The van der Waals surface area contributed by atoms with E-state index in [1.807, 2.05) is 53.4 Å². The first-order valence-corrected chi connectivity index (χ1v) is 9.86. The molecule has 5 nitrogen and oxygen atoms in total. The molecule has 1 saturated heterocycles. The molecule has 0 bridgehead atoms. The van der Waals surface area contributed by atoms with E-state index in [2.05, 4.69) is 0 Å². The number of rotatable bonds is 9. The van der Waals surface area contributed by atoms with Crippen LogP contribution in [-0.4, -0.2) is 44.7 Å². The van der Waals surface area contributed by atoms with Gasteiger partial charge in [-0.2, -0.15) is 0 Å². The summed E-state index contributed by atoms with van der Waals surface area (Å²) in [6.45, 7) is 2.30. The van der Waals surface area contributed by atoms with Gasteiger partial charge in [-0.05, 0) is 55.0 Å². The molecule has 0 N–H and O–H groups in total. The smallest absolute Gasteiger partial charge is 0.222 e. The summed E-state index contributed by atoms with van der Waals surface area (Å²) >= 11 is 0. The summed E-state index contributed by atoms with van der Waals surface area (Å²) in [4.78, 5) is 14.5. The zero-order valence-corrected chi connectivity index (χ0v) is 16.7. The van der Waals surface area contributed by atoms with E-state index in [0.717, 1.165) is 55.2 Å². The van der Waals surface area contributed by atoms with Crippen LogP contribution >= 0.6 is 0 Å². The predicted octanol–water partition coefficient (Wildman–Crippen LogP) is 3.95. The first kappa shape index (κ1) is 20.1. The maximum atomic E-state index is 12.5. The van der Waals surface area contributed by atoms with Crippen LogP contribution in [0.5, 0.6) is 17.2 Å². The van der Waals surface area contributed by atoms with Crippen LogP contribution in [0, 0.1) is 5.92 Å². The highest BCUT2D eigenvalue weighted by molar-refractivity contribution is 5.76. The van der Waals surface area contributed by atoms with Gasteiger partial charge >= 0.3 is 0 Å². The molecule has 1 aliphatic heterocycles. The molecule has 2 aromatic carbocycles. The quantitative estimate of drug-likeness (QED) is 0.658. The Morgan fingerprint density at radius 1 is 1.07 bits per heavy atom. The van der Waals surface area contributed by atoms with Gasteiger partial charge in [-0.1, -0.05) is 24.3 Å². The Morgan fingerprint density at radius 2 is 1.89 bits per heavy atom. The highest BCUT2D eigenvalue weighted by Gasteiger charge is 2.25. The SMILES string of the molecule is COc1cccc(CCC(=O)N2CCC(CCOc3ccccc3OC)C2)c1. The van der Waals surface area contributed by atoms with Crippen molar-refractivity contribution >= 4 is 5.91 Å². The number of likely N-dealkylation sites (tertiary alicyclic amines) is 1. The monoisotopic (exact) mass is 383 g/mol. The Bertz CT molecular complexity index is 777. The molecule has 0 saturated carbocycles. The standard InChI is InChI=1S/C23H29NO4/c1-26-20-7-5-6-18(16-20)10-11-23(25)24-14-12-19(17-24)13-15-28-22-9-4-3-8-21(22)27-2/h3-9,16,19H,10-15,17H2,1-2H3. The molecule has 1 amide bonds. The van der Waals surface area contributed by atoms with Crippen molar-refractivity contribution in [2.24, 2.45) is 5.92 Å². The summed E-state index contributed by atoms with van der Waals surface area (Å²) in [5, 5.41) is 0. The minimum atomic E-state index is 0.232. The van der Waals surface area contributed by atoms with E-state index < -0.39 is 0 Å². The molecule has 0 radical (unpaired) electrons. The Morgan fingerprint density at radius 3 is 2.68 bits per heavy atom. The number of carbonyl (C=O) groups is 1. The average Bonchev–Trinajstić information content (AvgIpc) is 3.21. The molecular formula is C23H29NO4. The highest BCUT2D eigenvalue weighted by Crippen LogP contribution is 2.27. The van der Waals surface area contributed by atoms with Gasteiger partial charge in [0.15, 0.2) is 11.5 Å². The summed E-state index contributed by atoms with van der Waals surface area (Å²) < 4.78 is 16.4. The van der Waals surface area contributed by atoms with Crippen molar-refractivity contribution in [3.63, 3.8) is 0 Å². The molecule has 1 aliphatic rings. The van der Waals surface area contributed by atoms with Crippen LogP contribution in [0.1, 0.15) is 24.8 Å². The van der Waals surface area contributed by atoms with E-state index >= 15 is 0 Å². The molecule has 1 atom stereocenters. The zero-order chi connectivity index (χ0) is 19.8. The lowest BCUT2D eigenvalue weighted by atomic mass is 10.1. The maximum Gasteiger partial charge on any atom is 0.222 e. The van der Waals surface area contributed by atoms with Crippen molar-refractivity contribution < 1.29 is 19.0 Å². The van der Waals surface area contributed by atoms with Crippen LogP contribution in [0.2, 0.25) is 0 Å². The van der Waals surface area contributed by atoms with E-state index in [4.69, 9.17) is 14.2 Å². The van der Waals surface area contributed by atoms with E-state index in [1.54, 1.807) is 14.2 Å². The van der Waals surface area contributed by atoms with Crippen LogP contribution in [0.25, 0.3) is 0 Å². The predicted molar refractivity (Wildman–Crippen MR) is 109 cm³/mol. The molecule has 5 heteroatoms. The summed E-state index contributed by atoms with van der Waals surface area (Å²) in [6.07, 6.45) is 3.27. The molecule has 0 spiro atoms. The van der Waals surface area contributed by atoms with Gasteiger partial charge in [0.1, 0.15) is 5.75 Å². The molecule has 2 aromatic rings. The maximum absolute atomic E-state index is 12.5. The lowest BCUT2D eigenvalue weighted by Crippen LogP contribution is -2.29. The fourth-order valence-electron chi connectivity index (χ4n) is 3.61. The van der Waals surface area contributed by atoms with Crippen molar-refractivity contribution in [1.29, 1.82) is 0 Å². The first-order chi connectivity index (χ1) is 13.7. The third-order valence-electron chi connectivity index (χ3n) is 5.25. The second-order valence-corrected chi connectivity index (χ2v) is 7.13. The van der Waals surface area contributed by atoms with Crippen molar-refractivity contribution in [2.45, 2.75) is 25.7 Å². The third-order valence-corrected chi connectivity index (χ3v) is 5.25. The summed E-state index contributed by atoms with van der Waals surface area (Å²) in [7, 11) is 3.31. The van der Waals surface area contributed by atoms with Crippen LogP contribution < -0.4 is 14.2 Å². The highest BCUT2D eigenvalue weighted by atomic mass is 16.5. The Balaban J connectivity index is 1.40. The number of para-hydroxylation sites is 2. The van der Waals surface area contributed by atoms with Crippen LogP contribution in [0.4, 0.5) is 0 Å². The molecule has 3 rings (SSSR count). The van der Waals surface area contributed by atoms with Crippen molar-refractivity contribution in [1.82, 2.24) is 4.90 Å². The molecule has 28 heavy (non-hydrogen) atoms. The van der Waals surface area contributed by atoms with Crippen molar-refractivity contribution in [3.05, 3.63) is 54.1 Å². The molecule has 0 aliphatic carbocycles. The van der Waals surface area contributed by atoms with Gasteiger partial charge in [0.25, 0.3) is 0 Å². The Labute approximate surface area is 167 Å². The molecule has 1 heterocycles. The van der Waals surface area contributed by atoms with Crippen molar-refractivity contribution in [3.8, 4) is 17.2 Å². The number of methoxy groups -OCH3 is 2. The lowest BCUT2D eigenvalue weighted by molar-refractivity contribution is -0.130. The molecule has 0 aromatic heterocycles. The average molecular weight is 383 g/mol. The van der Waals surface area contributed by atoms with Gasteiger partial charge < -0.3 is 19.1 Å². The number of aryl methyl sites for hydroxylation is 1. The topological polar surface area (TPSA) is 48.0 Å². The minimum absolute atomic E-state index is 0.232. The molecule has 1 fully saturated rings. The van der Waals surface area contributed by atoms with Gasteiger partial charge in [0, 0.05) is 19.5 Å². The van der Waals surface area contributed by atoms with Gasteiger partial charge in [-0.3, -0.25) is 4.79 Å². The number of benzene rings is 2. The number of hydrogen-bond donors (Lipinski definition) is 0. The Hall–Kier alpha value is -2.69. The van der Waals surface area contributed by atoms with E-state index in [0.29, 0.717) is 18.9 Å². The number of hydrogen-bond acceptors (Lipinski definition) is 4. The first-order valence-electron chi connectivity index (χ1n) is 9.86. The van der Waals surface area contributed by atoms with Crippen LogP contribution in [0.3, 0.4) is 0 Å². The zero-order valence-electron chi connectivity index (χ0n) is 16.7. The van der Waals surface area contributed by atoms with Gasteiger partial charge in [0.2, 0.25) is 5.91 Å². The third kappa shape index (κ3) is 5.41. The van der Waals surface area contributed by atoms with Gasteiger partial charge in [0.05, 0.1) is 20.8 Å². The van der Waals surface area contributed by atoms with E-state index in [-0.39, 0.29) is 5.91 Å². The van der Waals surface area contributed by atoms with Crippen molar-refractivity contribution in [2.75, 3.05) is 33.9 Å². The number of nitrogens with zero attached hydrogens (tertiary/aromatic N) is 1. The van der Waals surface area contributed by atoms with Crippen LogP contribution in [0.15, 0.2) is 48.5 Å². The van der Waals surface area contributed by atoms with E-state index in [9.17, 15) is 4.79 Å². The normalized spacial score (nSPS) is 16.1. The molecule has 1 unspecified atom stereocenters. The number of ether oxygens (including phenoxy) is 3. The minimum Gasteiger partial charge on any atom is -0.497 e. The Kier molecular flexibility index (Phi) is 7.18. The van der Waals surface area contributed by atoms with Crippen LogP contribution in [-0.2, 0) is 11.2 Å². The largest absolute Gasteiger partial charge is 0.497 e. The molecular weight excluding hydrogens is 354 g/mol. The summed E-state index contributed by atoms with van der Waals surface area (Å²) in [5.74, 6) is 3.09. The second kappa shape index (κ2) is 10.0. The summed E-state index contributed by atoms with van der Waals surface area (Å²) in [5.41, 5.74) is 1.13. The van der Waals surface area contributed by atoms with Gasteiger partial charge in [-0.15, -0.1) is 0 Å². The second-order valence-electron chi connectivity index (χ2n) is 7.13. The fraction of sp³-hybridized carbons (Fsp3) is 0.435. The lowest BCUT2D eigenvalue weighted by Gasteiger charge is -2.17. The fourth-order valence-corrected chi connectivity index (χ4v) is 3.61. The molecule has 150 valence electrons. The number of carbonyl (C=O) groups excluding carboxylic acids is 1. The van der Waals surface area contributed by atoms with E-state index in [1.165, 1.54) is 0 Å². The number of amides is 1.